The first-order chi connectivity index (χ1) is 8.74. The van der Waals surface area contributed by atoms with Gasteiger partial charge in [0.05, 0.1) is 11.2 Å². The van der Waals surface area contributed by atoms with E-state index in [1.54, 1.807) is 23.1 Å². The standard InChI is InChI=1S/C13H13N3S2/c1-8-11-12(9(2)18-8)16-13(15-11)17-7-10-5-3-4-6-14-10/h3-6H,7H2,1-2H3,(H,15,16). The van der Waals surface area contributed by atoms with Gasteiger partial charge >= 0.3 is 0 Å². The van der Waals surface area contributed by atoms with Crippen LogP contribution in [0, 0.1) is 13.8 Å². The molecule has 3 heterocycles. The minimum absolute atomic E-state index is 0.846. The first-order valence-electron chi connectivity index (χ1n) is 5.72. The molecule has 0 radical (unpaired) electrons. The van der Waals surface area contributed by atoms with Crippen LogP contribution in [0.5, 0.6) is 0 Å². The van der Waals surface area contributed by atoms with E-state index in [9.17, 15) is 0 Å². The predicted octanol–water partition coefficient (Wildman–Crippen LogP) is 3.93. The molecule has 5 heteroatoms. The molecule has 0 amide bonds. The summed E-state index contributed by atoms with van der Waals surface area (Å²) in [4.78, 5) is 14.9. The Labute approximate surface area is 114 Å². The number of hydrogen-bond donors (Lipinski definition) is 1. The lowest BCUT2D eigenvalue weighted by Crippen LogP contribution is -1.85. The molecule has 18 heavy (non-hydrogen) atoms. The predicted molar refractivity (Wildman–Crippen MR) is 77.2 cm³/mol. The second-order valence-corrected chi connectivity index (χ2v) is 6.48. The van der Waals surface area contributed by atoms with E-state index in [2.05, 4.69) is 28.8 Å². The molecule has 3 rings (SSSR count). The van der Waals surface area contributed by atoms with Gasteiger partial charge in [-0.2, -0.15) is 0 Å². The van der Waals surface area contributed by atoms with E-state index in [0.29, 0.717) is 0 Å². The van der Waals surface area contributed by atoms with Crippen LogP contribution in [0.3, 0.4) is 0 Å². The average molecular weight is 275 g/mol. The summed E-state index contributed by atoms with van der Waals surface area (Å²) >= 11 is 3.49. The van der Waals surface area contributed by atoms with Gasteiger partial charge in [-0.05, 0) is 26.0 Å². The zero-order valence-electron chi connectivity index (χ0n) is 10.2. The molecule has 3 aromatic rings. The number of pyridine rings is 1. The highest BCUT2D eigenvalue weighted by Gasteiger charge is 2.11. The van der Waals surface area contributed by atoms with Gasteiger partial charge in [-0.25, -0.2) is 4.98 Å². The highest BCUT2D eigenvalue weighted by Crippen LogP contribution is 2.31. The fourth-order valence-electron chi connectivity index (χ4n) is 1.88. The van der Waals surface area contributed by atoms with Crippen molar-refractivity contribution in [1.29, 1.82) is 0 Å². The maximum absolute atomic E-state index is 4.64. The molecule has 0 aliphatic heterocycles. The van der Waals surface area contributed by atoms with Crippen LogP contribution in [0.1, 0.15) is 15.4 Å². The lowest BCUT2D eigenvalue weighted by molar-refractivity contribution is 1.07. The van der Waals surface area contributed by atoms with E-state index in [4.69, 9.17) is 0 Å². The molecule has 0 aliphatic rings. The van der Waals surface area contributed by atoms with Crippen LogP contribution >= 0.6 is 23.1 Å². The van der Waals surface area contributed by atoms with E-state index < -0.39 is 0 Å². The van der Waals surface area contributed by atoms with Gasteiger partial charge in [0.15, 0.2) is 5.16 Å². The first kappa shape index (κ1) is 11.7. The summed E-state index contributed by atoms with van der Waals surface area (Å²) in [6.45, 7) is 4.25. The Kier molecular flexibility index (Phi) is 3.09. The number of aromatic nitrogens is 3. The van der Waals surface area contributed by atoms with Gasteiger partial charge in [0.1, 0.15) is 5.52 Å². The van der Waals surface area contributed by atoms with E-state index in [1.165, 1.54) is 15.3 Å². The number of H-pyrrole nitrogens is 1. The van der Waals surface area contributed by atoms with Crippen molar-refractivity contribution >= 4 is 34.1 Å². The second kappa shape index (κ2) is 4.74. The van der Waals surface area contributed by atoms with E-state index in [0.717, 1.165) is 22.1 Å². The summed E-state index contributed by atoms with van der Waals surface area (Å²) in [5, 5.41) is 0.977. The summed E-state index contributed by atoms with van der Waals surface area (Å²) in [5.74, 6) is 0.846. The highest BCUT2D eigenvalue weighted by atomic mass is 32.2. The number of nitrogens with zero attached hydrogens (tertiary/aromatic N) is 2. The van der Waals surface area contributed by atoms with Gasteiger partial charge in [-0.1, -0.05) is 17.8 Å². The molecule has 1 N–H and O–H groups in total. The molecule has 0 fully saturated rings. The van der Waals surface area contributed by atoms with Gasteiger partial charge < -0.3 is 4.98 Å². The molecular weight excluding hydrogens is 262 g/mol. The average Bonchev–Trinajstić information content (AvgIpc) is 2.91. The number of hydrogen-bond acceptors (Lipinski definition) is 4. The van der Waals surface area contributed by atoms with Crippen molar-refractivity contribution in [2.75, 3.05) is 0 Å². The van der Waals surface area contributed by atoms with Crippen molar-refractivity contribution in [2.45, 2.75) is 24.8 Å². The quantitative estimate of drug-likeness (QED) is 0.736. The molecule has 3 nitrogen and oxygen atoms in total. The molecule has 0 aromatic carbocycles. The number of aromatic amines is 1. The summed E-state index contributed by atoms with van der Waals surface area (Å²) in [6.07, 6.45) is 1.82. The summed E-state index contributed by atoms with van der Waals surface area (Å²) in [6, 6.07) is 5.98. The van der Waals surface area contributed by atoms with Crippen LogP contribution in [-0.2, 0) is 5.75 Å². The highest BCUT2D eigenvalue weighted by molar-refractivity contribution is 7.98. The number of thiophene rings is 1. The van der Waals surface area contributed by atoms with Crippen molar-refractivity contribution in [3.05, 3.63) is 39.8 Å². The minimum Gasteiger partial charge on any atom is -0.332 e. The molecule has 0 unspecified atom stereocenters. The Morgan fingerprint density at radius 3 is 2.89 bits per heavy atom. The van der Waals surface area contributed by atoms with Crippen LogP contribution in [0.4, 0.5) is 0 Å². The molecule has 0 saturated heterocycles. The van der Waals surface area contributed by atoms with Crippen LogP contribution in [0.2, 0.25) is 0 Å². The van der Waals surface area contributed by atoms with Gasteiger partial charge in [-0.3, -0.25) is 4.98 Å². The monoisotopic (exact) mass is 275 g/mol. The van der Waals surface area contributed by atoms with E-state index in [1.807, 2.05) is 24.4 Å². The fraction of sp³-hybridized carbons (Fsp3) is 0.231. The Hall–Kier alpha value is -1.33. The maximum Gasteiger partial charge on any atom is 0.166 e. The molecular formula is C13H13N3S2. The molecule has 0 bridgehead atoms. The Balaban J connectivity index is 1.81. The second-order valence-electron chi connectivity index (χ2n) is 4.09. The van der Waals surface area contributed by atoms with Crippen LogP contribution in [-0.4, -0.2) is 15.0 Å². The van der Waals surface area contributed by atoms with Gasteiger partial charge in [0.2, 0.25) is 0 Å². The van der Waals surface area contributed by atoms with Gasteiger partial charge in [-0.15, -0.1) is 11.3 Å². The number of nitrogens with one attached hydrogen (secondary N) is 1. The third kappa shape index (κ3) is 2.15. The van der Waals surface area contributed by atoms with Crippen molar-refractivity contribution in [3.63, 3.8) is 0 Å². The molecule has 3 aromatic heterocycles. The zero-order valence-corrected chi connectivity index (χ0v) is 11.9. The van der Waals surface area contributed by atoms with Crippen molar-refractivity contribution in [2.24, 2.45) is 0 Å². The molecule has 0 aliphatic carbocycles. The maximum atomic E-state index is 4.64. The summed E-state index contributed by atoms with van der Waals surface area (Å²) in [5.41, 5.74) is 3.37. The number of rotatable bonds is 3. The topological polar surface area (TPSA) is 41.6 Å². The number of imidazole rings is 1. The molecule has 92 valence electrons. The summed E-state index contributed by atoms with van der Waals surface area (Å²) in [7, 11) is 0. The number of fused-ring (bicyclic) bond motifs is 1. The SMILES string of the molecule is Cc1sc(C)c2[nH]c(SCc3ccccn3)nc12. The lowest BCUT2D eigenvalue weighted by atomic mass is 10.4. The lowest BCUT2D eigenvalue weighted by Gasteiger charge is -1.97. The third-order valence-corrected chi connectivity index (χ3v) is 4.67. The Bertz CT molecular complexity index is 636. The number of aryl methyl sites for hydroxylation is 2. The normalized spacial score (nSPS) is 11.2. The van der Waals surface area contributed by atoms with Gasteiger partial charge in [0, 0.05) is 21.7 Å². The Morgan fingerprint density at radius 1 is 1.28 bits per heavy atom. The van der Waals surface area contributed by atoms with E-state index >= 15 is 0 Å². The Morgan fingerprint density at radius 2 is 2.17 bits per heavy atom. The summed E-state index contributed by atoms with van der Waals surface area (Å²) < 4.78 is 0. The van der Waals surface area contributed by atoms with Crippen LogP contribution in [0.25, 0.3) is 11.0 Å². The van der Waals surface area contributed by atoms with E-state index in [-0.39, 0.29) is 0 Å². The third-order valence-electron chi connectivity index (χ3n) is 2.76. The molecule has 0 spiro atoms. The minimum atomic E-state index is 0.846. The van der Waals surface area contributed by atoms with Crippen molar-refractivity contribution in [1.82, 2.24) is 15.0 Å². The largest absolute Gasteiger partial charge is 0.332 e. The van der Waals surface area contributed by atoms with Gasteiger partial charge in [0.25, 0.3) is 0 Å². The number of thioether (sulfide) groups is 1. The fourth-order valence-corrected chi connectivity index (χ4v) is 3.62. The van der Waals surface area contributed by atoms with Crippen molar-refractivity contribution < 1.29 is 0 Å². The zero-order chi connectivity index (χ0) is 12.5. The molecule has 0 saturated carbocycles. The first-order valence-corrected chi connectivity index (χ1v) is 7.52. The van der Waals surface area contributed by atoms with Crippen LogP contribution < -0.4 is 0 Å². The molecule has 0 atom stereocenters. The van der Waals surface area contributed by atoms with Crippen LogP contribution in [0.15, 0.2) is 29.6 Å². The smallest absolute Gasteiger partial charge is 0.166 e. The van der Waals surface area contributed by atoms with Crippen molar-refractivity contribution in [3.8, 4) is 0 Å².